The van der Waals surface area contributed by atoms with Gasteiger partial charge in [-0.3, -0.25) is 4.79 Å². The lowest BCUT2D eigenvalue weighted by Crippen LogP contribution is -2.22. The van der Waals surface area contributed by atoms with E-state index in [0.717, 1.165) is 27.0 Å². The molecular formula is C16H23BrN2O3Si. The van der Waals surface area contributed by atoms with Crippen LogP contribution in [-0.4, -0.2) is 35.5 Å². The minimum absolute atomic E-state index is 0.342. The normalized spacial score (nSPS) is 13.4. The lowest BCUT2D eigenvalue weighted by molar-refractivity contribution is -0.138. The maximum atomic E-state index is 11.4. The van der Waals surface area contributed by atoms with Crippen LogP contribution >= 0.6 is 15.9 Å². The van der Waals surface area contributed by atoms with Gasteiger partial charge in [0.2, 0.25) is 0 Å². The van der Waals surface area contributed by atoms with Crippen LogP contribution < -0.4 is 0 Å². The van der Waals surface area contributed by atoms with E-state index in [-0.39, 0.29) is 0 Å². The lowest BCUT2D eigenvalue weighted by atomic mass is 9.99. The Bertz CT molecular complexity index is 709. The molecule has 1 aromatic heterocycles. The molecule has 126 valence electrons. The van der Waals surface area contributed by atoms with Gasteiger partial charge in [-0.25, -0.2) is 4.68 Å². The van der Waals surface area contributed by atoms with Crippen LogP contribution in [0.4, 0.5) is 0 Å². The second-order valence-corrected chi connectivity index (χ2v) is 13.5. The topological polar surface area (TPSA) is 64.3 Å². The molecule has 0 amide bonds. The molecule has 1 atom stereocenters. The third-order valence-electron chi connectivity index (χ3n) is 3.77. The van der Waals surface area contributed by atoms with Gasteiger partial charge in [0.05, 0.1) is 17.6 Å². The predicted octanol–water partition coefficient (Wildman–Crippen LogP) is 4.30. The largest absolute Gasteiger partial charge is 0.481 e. The molecule has 1 heterocycles. The monoisotopic (exact) mass is 398 g/mol. The summed E-state index contributed by atoms with van der Waals surface area (Å²) < 4.78 is 8.37. The van der Waals surface area contributed by atoms with Crippen molar-refractivity contribution in [2.75, 3.05) is 6.61 Å². The summed E-state index contributed by atoms with van der Waals surface area (Å²) in [6.45, 7) is 9.66. The van der Waals surface area contributed by atoms with Crippen molar-refractivity contribution in [2.45, 2.75) is 45.3 Å². The number of carbonyl (C=O) groups is 1. The highest BCUT2D eigenvalue weighted by molar-refractivity contribution is 9.10. The van der Waals surface area contributed by atoms with Crippen LogP contribution in [0.3, 0.4) is 0 Å². The summed E-state index contributed by atoms with van der Waals surface area (Å²) in [6.07, 6.45) is 1.75. The number of halogens is 1. The number of carboxylic acids is 1. The van der Waals surface area contributed by atoms with Gasteiger partial charge in [0, 0.05) is 24.5 Å². The highest BCUT2D eigenvalue weighted by Gasteiger charge is 2.20. The Balaban J connectivity index is 2.26. The Labute approximate surface area is 145 Å². The van der Waals surface area contributed by atoms with Gasteiger partial charge in [-0.05, 0) is 30.7 Å². The third-order valence-corrected chi connectivity index (χ3v) is 5.94. The van der Waals surface area contributed by atoms with E-state index in [2.05, 4.69) is 40.7 Å². The summed E-state index contributed by atoms with van der Waals surface area (Å²) in [6, 6.07) is 4.89. The number of aliphatic carboxylic acids is 1. The van der Waals surface area contributed by atoms with E-state index in [1.807, 2.05) is 12.1 Å². The second-order valence-electron chi connectivity index (χ2n) is 6.98. The molecule has 0 fully saturated rings. The average molecular weight is 399 g/mol. The van der Waals surface area contributed by atoms with Gasteiger partial charge in [-0.15, -0.1) is 0 Å². The first-order valence-corrected chi connectivity index (χ1v) is 12.1. The van der Waals surface area contributed by atoms with Gasteiger partial charge in [0.25, 0.3) is 0 Å². The molecule has 1 N–H and O–H groups in total. The Morgan fingerprint density at radius 2 is 2.13 bits per heavy atom. The molecule has 0 radical (unpaired) electrons. The number of rotatable bonds is 7. The number of nitrogens with zero attached hydrogens (tertiary/aromatic N) is 2. The summed E-state index contributed by atoms with van der Waals surface area (Å²) in [5.74, 6) is -1.45. The van der Waals surface area contributed by atoms with Gasteiger partial charge in [-0.1, -0.05) is 35.6 Å². The fourth-order valence-corrected chi connectivity index (χ4v) is 3.57. The minimum atomic E-state index is -1.12. The van der Waals surface area contributed by atoms with Crippen molar-refractivity contribution in [3.8, 4) is 0 Å². The molecule has 0 aliphatic heterocycles. The van der Waals surface area contributed by atoms with Crippen molar-refractivity contribution < 1.29 is 14.6 Å². The Hall–Kier alpha value is -1.18. The van der Waals surface area contributed by atoms with Crippen LogP contribution in [0.25, 0.3) is 10.9 Å². The molecule has 0 spiro atoms. The van der Waals surface area contributed by atoms with Crippen molar-refractivity contribution in [3.05, 3.63) is 28.4 Å². The van der Waals surface area contributed by atoms with E-state index in [4.69, 9.17) is 4.74 Å². The van der Waals surface area contributed by atoms with E-state index in [1.165, 1.54) is 0 Å². The summed E-state index contributed by atoms with van der Waals surface area (Å²) in [5.41, 5.74) is 1.57. The molecule has 1 unspecified atom stereocenters. The molecule has 2 rings (SSSR count). The number of hydrogen-bond acceptors (Lipinski definition) is 3. The molecule has 0 saturated carbocycles. The first kappa shape index (κ1) is 18.2. The fraction of sp³-hybridized carbons (Fsp3) is 0.500. The molecule has 7 heteroatoms. The Kier molecular flexibility index (Phi) is 5.64. The number of ether oxygens (including phenoxy) is 1. The molecule has 0 saturated heterocycles. The predicted molar refractivity (Wildman–Crippen MR) is 97.6 cm³/mol. The van der Waals surface area contributed by atoms with Crippen LogP contribution in [-0.2, 0) is 16.3 Å². The highest BCUT2D eigenvalue weighted by Crippen LogP contribution is 2.30. The molecule has 0 bridgehead atoms. The van der Waals surface area contributed by atoms with Gasteiger partial charge in [0.1, 0.15) is 6.73 Å². The number of benzene rings is 1. The zero-order valence-corrected chi connectivity index (χ0v) is 16.6. The standard InChI is InChI=1S/C16H23BrN2O3Si/c1-11(16(20)21)14-8-13(17)7-12-9-18-19(15(12)14)10-22-5-6-23(2,3)4/h7-9,11H,5-6,10H2,1-4H3,(H,20,21). The summed E-state index contributed by atoms with van der Waals surface area (Å²) >= 11 is 3.44. The minimum Gasteiger partial charge on any atom is -0.481 e. The number of aromatic nitrogens is 2. The second kappa shape index (κ2) is 7.15. The van der Waals surface area contributed by atoms with Gasteiger partial charge < -0.3 is 9.84 Å². The maximum Gasteiger partial charge on any atom is 0.310 e. The van der Waals surface area contributed by atoms with Crippen molar-refractivity contribution in [3.63, 3.8) is 0 Å². The number of fused-ring (bicyclic) bond motifs is 1. The van der Waals surface area contributed by atoms with Gasteiger partial charge in [-0.2, -0.15) is 5.10 Å². The molecule has 2 aromatic rings. The van der Waals surface area contributed by atoms with Crippen LogP contribution in [0.2, 0.25) is 25.7 Å². The van der Waals surface area contributed by atoms with Crippen molar-refractivity contribution in [1.29, 1.82) is 0 Å². The van der Waals surface area contributed by atoms with E-state index in [1.54, 1.807) is 17.8 Å². The van der Waals surface area contributed by atoms with Gasteiger partial charge >= 0.3 is 5.97 Å². The smallest absolute Gasteiger partial charge is 0.310 e. The molecular weight excluding hydrogens is 376 g/mol. The summed E-state index contributed by atoms with van der Waals surface area (Å²) in [7, 11) is -1.12. The molecule has 5 nitrogen and oxygen atoms in total. The summed E-state index contributed by atoms with van der Waals surface area (Å²) in [5, 5.41) is 14.6. The third kappa shape index (κ3) is 4.65. The summed E-state index contributed by atoms with van der Waals surface area (Å²) in [4.78, 5) is 11.4. The molecule has 23 heavy (non-hydrogen) atoms. The van der Waals surface area contributed by atoms with Crippen LogP contribution in [0.5, 0.6) is 0 Å². The van der Waals surface area contributed by atoms with Crippen molar-refractivity contribution in [2.24, 2.45) is 0 Å². The first-order chi connectivity index (χ1) is 10.7. The highest BCUT2D eigenvalue weighted by atomic mass is 79.9. The number of carboxylic acid groups (broad SMARTS) is 1. The SMILES string of the molecule is CC(C(=O)O)c1cc(Br)cc2cnn(COCC[Si](C)(C)C)c12. The van der Waals surface area contributed by atoms with Crippen LogP contribution in [0, 0.1) is 0 Å². The van der Waals surface area contributed by atoms with E-state index in [9.17, 15) is 9.90 Å². The van der Waals surface area contributed by atoms with E-state index in [0.29, 0.717) is 13.3 Å². The van der Waals surface area contributed by atoms with Crippen molar-refractivity contribution >= 4 is 40.9 Å². The first-order valence-electron chi connectivity index (χ1n) is 7.64. The van der Waals surface area contributed by atoms with Gasteiger partial charge in [0.15, 0.2) is 0 Å². The van der Waals surface area contributed by atoms with Crippen LogP contribution in [0.15, 0.2) is 22.8 Å². The molecule has 0 aliphatic carbocycles. The van der Waals surface area contributed by atoms with E-state index < -0.39 is 20.0 Å². The lowest BCUT2D eigenvalue weighted by Gasteiger charge is -2.16. The zero-order valence-electron chi connectivity index (χ0n) is 14.0. The molecule has 0 aliphatic rings. The van der Waals surface area contributed by atoms with Crippen LogP contribution in [0.1, 0.15) is 18.4 Å². The quantitative estimate of drug-likeness (QED) is 0.557. The zero-order chi connectivity index (χ0) is 17.2. The van der Waals surface area contributed by atoms with Crippen molar-refractivity contribution in [1.82, 2.24) is 9.78 Å². The average Bonchev–Trinajstić information content (AvgIpc) is 2.83. The molecule has 1 aromatic carbocycles. The maximum absolute atomic E-state index is 11.4. The Morgan fingerprint density at radius 3 is 2.74 bits per heavy atom. The number of hydrogen-bond donors (Lipinski definition) is 1. The van der Waals surface area contributed by atoms with E-state index >= 15 is 0 Å². The Morgan fingerprint density at radius 1 is 1.43 bits per heavy atom. The fourth-order valence-electron chi connectivity index (χ4n) is 2.32.